The van der Waals surface area contributed by atoms with Gasteiger partial charge in [-0.1, -0.05) is 43.3 Å². The molecule has 0 heterocycles. The first-order chi connectivity index (χ1) is 8.26. The second-order valence-corrected chi connectivity index (χ2v) is 3.73. The molecule has 2 rings (SSSR count). The summed E-state index contributed by atoms with van der Waals surface area (Å²) in [6.45, 7) is 2.08. The highest BCUT2D eigenvalue weighted by atomic mass is 14.8. The molecule has 2 nitrogen and oxygen atoms in total. The first-order valence-electron chi connectivity index (χ1n) is 5.73. The molecule has 0 spiro atoms. The predicted octanol–water partition coefficient (Wildman–Crippen LogP) is 4.40. The predicted molar refractivity (Wildman–Crippen MR) is 83.4 cm³/mol. The molecule has 0 bridgehead atoms. The minimum atomic E-state index is 0. The molecule has 0 radical (unpaired) electrons. The molecular weight excluding hydrogens is 220 g/mol. The number of para-hydroxylation sites is 1. The maximum absolute atomic E-state index is 3.05. The Morgan fingerprint density at radius 2 is 1.11 bits per heavy atom. The maximum atomic E-state index is 3.05. The van der Waals surface area contributed by atoms with Crippen molar-refractivity contribution in [2.75, 3.05) is 24.7 Å². The van der Waals surface area contributed by atoms with Crippen molar-refractivity contribution in [1.82, 2.24) is 0 Å². The van der Waals surface area contributed by atoms with Crippen LogP contribution < -0.4 is 10.6 Å². The van der Waals surface area contributed by atoms with E-state index in [4.69, 9.17) is 0 Å². The van der Waals surface area contributed by atoms with E-state index in [9.17, 15) is 0 Å². The van der Waals surface area contributed by atoms with Gasteiger partial charge in [-0.3, -0.25) is 0 Å². The molecule has 0 aromatic heterocycles. The Morgan fingerprint density at radius 1 is 0.667 bits per heavy atom. The summed E-state index contributed by atoms with van der Waals surface area (Å²) in [5.74, 6) is 0. The number of benzene rings is 2. The Morgan fingerprint density at radius 3 is 1.50 bits per heavy atom. The van der Waals surface area contributed by atoms with Crippen LogP contribution in [0.15, 0.2) is 54.6 Å². The molecule has 2 N–H and O–H groups in total. The van der Waals surface area contributed by atoms with Crippen molar-refractivity contribution < 1.29 is 0 Å². The maximum Gasteiger partial charge on any atom is 0.0337 e. The smallest absolute Gasteiger partial charge is 0.0337 e. The van der Waals surface area contributed by atoms with E-state index in [0.717, 1.165) is 5.69 Å². The Labute approximate surface area is 111 Å². The van der Waals surface area contributed by atoms with Crippen molar-refractivity contribution in [2.45, 2.75) is 14.4 Å². The van der Waals surface area contributed by atoms with Crippen LogP contribution in [0.5, 0.6) is 0 Å². The third-order valence-electron chi connectivity index (χ3n) is 2.40. The lowest BCUT2D eigenvalue weighted by molar-refractivity contribution is 1.44. The summed E-state index contributed by atoms with van der Waals surface area (Å²) in [6, 6.07) is 18.4. The average molecular weight is 244 g/mol. The second-order valence-electron chi connectivity index (χ2n) is 3.73. The number of nitrogens with one attached hydrogen (secondary N) is 2. The molecule has 0 amide bonds. The summed E-state index contributed by atoms with van der Waals surface area (Å²) >= 11 is 0. The molecule has 0 aliphatic carbocycles. The van der Waals surface area contributed by atoms with Gasteiger partial charge in [0.2, 0.25) is 0 Å². The van der Waals surface area contributed by atoms with Crippen LogP contribution in [-0.2, 0) is 0 Å². The van der Waals surface area contributed by atoms with Gasteiger partial charge in [0.25, 0.3) is 0 Å². The highest BCUT2D eigenvalue weighted by molar-refractivity contribution is 5.43. The normalized spacial score (nSPS) is 8.39. The van der Waals surface area contributed by atoms with Gasteiger partial charge in [0.1, 0.15) is 0 Å². The first-order valence-corrected chi connectivity index (χ1v) is 5.73. The Kier molecular flexibility index (Phi) is 8.12. The van der Waals surface area contributed by atoms with Gasteiger partial charge >= 0.3 is 0 Å². The third kappa shape index (κ3) is 5.94. The quantitative estimate of drug-likeness (QED) is 0.818. The summed E-state index contributed by atoms with van der Waals surface area (Å²) < 4.78 is 0. The molecule has 0 aliphatic rings. The number of hydrogen-bond acceptors (Lipinski definition) is 2. The van der Waals surface area contributed by atoms with Crippen LogP contribution in [0, 0.1) is 6.92 Å². The average Bonchev–Trinajstić information content (AvgIpc) is 2.41. The zero-order valence-electron chi connectivity index (χ0n) is 10.7. The van der Waals surface area contributed by atoms with Crippen molar-refractivity contribution >= 4 is 11.4 Å². The SMILES string of the molecule is C.CNc1ccc(C)cc1.CNc1ccccc1. The third-order valence-corrected chi connectivity index (χ3v) is 2.40. The Hall–Kier alpha value is -1.96. The molecule has 2 aromatic rings. The fraction of sp³-hybridized carbons (Fsp3) is 0.250. The lowest BCUT2D eigenvalue weighted by atomic mass is 10.2. The fourth-order valence-electron chi connectivity index (χ4n) is 1.33. The van der Waals surface area contributed by atoms with Crippen LogP contribution >= 0.6 is 0 Å². The summed E-state index contributed by atoms with van der Waals surface area (Å²) in [6.07, 6.45) is 0. The number of anilines is 2. The van der Waals surface area contributed by atoms with Crippen LogP contribution in [0.2, 0.25) is 0 Å². The largest absolute Gasteiger partial charge is 0.388 e. The van der Waals surface area contributed by atoms with E-state index < -0.39 is 0 Å². The highest BCUT2D eigenvalue weighted by Crippen LogP contribution is 2.06. The van der Waals surface area contributed by atoms with Gasteiger partial charge in [-0.05, 0) is 31.2 Å². The summed E-state index contributed by atoms with van der Waals surface area (Å²) in [4.78, 5) is 0. The van der Waals surface area contributed by atoms with Gasteiger partial charge in [-0.2, -0.15) is 0 Å². The second kappa shape index (κ2) is 9.11. The van der Waals surface area contributed by atoms with E-state index in [-0.39, 0.29) is 7.43 Å². The molecular formula is C16H24N2. The molecule has 0 saturated carbocycles. The molecule has 0 aliphatic heterocycles. The summed E-state index contributed by atoms with van der Waals surface area (Å²) in [5, 5.41) is 6.08. The lowest BCUT2D eigenvalue weighted by Crippen LogP contribution is -1.85. The van der Waals surface area contributed by atoms with Gasteiger partial charge in [0.05, 0.1) is 0 Å². The molecule has 18 heavy (non-hydrogen) atoms. The molecule has 2 heteroatoms. The van der Waals surface area contributed by atoms with Crippen molar-refractivity contribution in [1.29, 1.82) is 0 Å². The standard InChI is InChI=1S/C8H11N.C7H9N.CH4/c1-7-3-5-8(9-2)6-4-7;1-8-7-5-3-2-4-6-7;/h3-6,9H,1-2H3;2-6,8H,1H3;1H4. The van der Waals surface area contributed by atoms with Crippen molar-refractivity contribution in [2.24, 2.45) is 0 Å². The Bertz CT molecular complexity index is 407. The van der Waals surface area contributed by atoms with Crippen LogP contribution in [0.3, 0.4) is 0 Å². The van der Waals surface area contributed by atoms with Crippen molar-refractivity contribution in [3.63, 3.8) is 0 Å². The van der Waals surface area contributed by atoms with E-state index in [1.54, 1.807) is 0 Å². The van der Waals surface area contributed by atoms with Crippen molar-refractivity contribution in [3.05, 3.63) is 60.2 Å². The zero-order valence-corrected chi connectivity index (χ0v) is 10.7. The van der Waals surface area contributed by atoms with E-state index in [0.29, 0.717) is 0 Å². The fourth-order valence-corrected chi connectivity index (χ4v) is 1.33. The summed E-state index contributed by atoms with van der Waals surface area (Å²) in [7, 11) is 3.83. The molecule has 0 unspecified atom stereocenters. The van der Waals surface area contributed by atoms with Crippen LogP contribution in [0.1, 0.15) is 13.0 Å². The molecule has 98 valence electrons. The monoisotopic (exact) mass is 244 g/mol. The van der Waals surface area contributed by atoms with Gasteiger partial charge in [0.15, 0.2) is 0 Å². The van der Waals surface area contributed by atoms with Crippen LogP contribution in [0.4, 0.5) is 11.4 Å². The molecule has 0 saturated heterocycles. The topological polar surface area (TPSA) is 24.1 Å². The van der Waals surface area contributed by atoms with E-state index in [2.05, 4.69) is 41.8 Å². The minimum Gasteiger partial charge on any atom is -0.388 e. The van der Waals surface area contributed by atoms with Gasteiger partial charge in [0, 0.05) is 25.5 Å². The van der Waals surface area contributed by atoms with E-state index in [1.165, 1.54) is 11.3 Å². The van der Waals surface area contributed by atoms with Gasteiger partial charge in [-0.15, -0.1) is 0 Å². The van der Waals surface area contributed by atoms with Gasteiger partial charge < -0.3 is 10.6 Å². The number of aryl methyl sites for hydroxylation is 1. The van der Waals surface area contributed by atoms with Gasteiger partial charge in [-0.25, -0.2) is 0 Å². The Balaban J connectivity index is 0.000000306. The van der Waals surface area contributed by atoms with Crippen LogP contribution in [0.25, 0.3) is 0 Å². The molecule has 0 atom stereocenters. The van der Waals surface area contributed by atoms with E-state index >= 15 is 0 Å². The highest BCUT2D eigenvalue weighted by Gasteiger charge is 1.83. The van der Waals surface area contributed by atoms with Crippen LogP contribution in [-0.4, -0.2) is 14.1 Å². The number of rotatable bonds is 2. The molecule has 0 fully saturated rings. The van der Waals surface area contributed by atoms with Crippen molar-refractivity contribution in [3.8, 4) is 0 Å². The first kappa shape index (κ1) is 16.0. The zero-order chi connectivity index (χ0) is 12.5. The number of hydrogen-bond donors (Lipinski definition) is 2. The lowest BCUT2D eigenvalue weighted by Gasteiger charge is -1.97. The summed E-state index contributed by atoms with van der Waals surface area (Å²) in [5.41, 5.74) is 3.63. The van der Waals surface area contributed by atoms with E-state index in [1.807, 2.05) is 44.4 Å². The minimum absolute atomic E-state index is 0. The molecule has 2 aromatic carbocycles.